The number of ketones is 1. The van der Waals surface area contributed by atoms with Crippen LogP contribution >= 0.6 is 0 Å². The number of carbonyl (C=O) groups excluding carboxylic acids is 3. The Bertz CT molecular complexity index is 1140. The number of rotatable bonds is 5. The maximum atomic E-state index is 12.8. The number of nitrogens with zero attached hydrogens (tertiary/aromatic N) is 1. The first-order chi connectivity index (χ1) is 13.5. The highest BCUT2D eigenvalue weighted by Gasteiger charge is 2.24. The van der Waals surface area contributed by atoms with Gasteiger partial charge in [-0.25, -0.2) is 4.79 Å². The van der Waals surface area contributed by atoms with Crippen molar-refractivity contribution in [3.8, 4) is 0 Å². The predicted octanol–water partition coefficient (Wildman–Crippen LogP) is 2.74. The van der Waals surface area contributed by atoms with Crippen molar-refractivity contribution < 1.29 is 19.1 Å². The number of aromatic nitrogens is 1. The number of amides is 1. The molecule has 0 saturated carbocycles. The van der Waals surface area contributed by atoms with Gasteiger partial charge in [-0.15, -0.1) is 0 Å². The van der Waals surface area contributed by atoms with Gasteiger partial charge in [0, 0.05) is 29.7 Å². The van der Waals surface area contributed by atoms with E-state index in [-0.39, 0.29) is 12.3 Å². The van der Waals surface area contributed by atoms with Crippen molar-refractivity contribution in [3.05, 3.63) is 83.2 Å². The highest BCUT2D eigenvalue weighted by molar-refractivity contribution is 6.45. The van der Waals surface area contributed by atoms with Gasteiger partial charge in [0.2, 0.25) is 0 Å². The highest BCUT2D eigenvalue weighted by Crippen LogP contribution is 2.24. The van der Waals surface area contributed by atoms with E-state index < -0.39 is 17.7 Å². The molecule has 1 aromatic heterocycles. The fourth-order valence-electron chi connectivity index (χ4n) is 3.30. The summed E-state index contributed by atoms with van der Waals surface area (Å²) < 4.78 is 6.71. The second kappa shape index (κ2) is 7.15. The Morgan fingerprint density at radius 2 is 1.86 bits per heavy atom. The molecule has 0 aliphatic carbocycles. The van der Waals surface area contributed by atoms with Crippen LogP contribution in [-0.4, -0.2) is 28.8 Å². The number of hydrogen-bond donors (Lipinski definition) is 1. The maximum absolute atomic E-state index is 12.8. The molecular formula is C22H18N2O4. The van der Waals surface area contributed by atoms with Crippen molar-refractivity contribution in [2.45, 2.75) is 13.5 Å². The summed E-state index contributed by atoms with van der Waals surface area (Å²) in [5, 5.41) is 3.17. The Kier molecular flexibility index (Phi) is 4.53. The topological polar surface area (TPSA) is 77.4 Å². The summed E-state index contributed by atoms with van der Waals surface area (Å²) in [4.78, 5) is 36.3. The standard InChI is InChI=1S/C22H18N2O4/c1-14-6-2-3-7-15(14)11-24-12-18(17-8-4-5-9-19(17)24)21(26)22(27)23-16-10-20(25)28-13-16/h2-10,12H,11,13H2,1H3,(H,23,27). The summed E-state index contributed by atoms with van der Waals surface area (Å²) in [6, 6.07) is 15.5. The molecule has 2 aromatic carbocycles. The smallest absolute Gasteiger partial charge is 0.333 e. The average Bonchev–Trinajstić information content (AvgIpc) is 3.27. The molecule has 4 rings (SSSR count). The van der Waals surface area contributed by atoms with Crippen LogP contribution in [0.5, 0.6) is 0 Å². The molecule has 0 fully saturated rings. The lowest BCUT2D eigenvalue weighted by Crippen LogP contribution is -2.31. The summed E-state index contributed by atoms with van der Waals surface area (Å²) in [6.07, 6.45) is 2.89. The monoisotopic (exact) mass is 374 g/mol. The molecule has 1 aliphatic heterocycles. The number of aryl methyl sites for hydroxylation is 1. The zero-order valence-electron chi connectivity index (χ0n) is 15.3. The molecule has 3 aromatic rings. The third-order valence-electron chi connectivity index (χ3n) is 4.78. The average molecular weight is 374 g/mol. The maximum Gasteiger partial charge on any atom is 0.333 e. The molecule has 1 aliphatic rings. The van der Waals surface area contributed by atoms with Gasteiger partial charge < -0.3 is 14.6 Å². The molecule has 140 valence electrons. The Morgan fingerprint density at radius 3 is 2.61 bits per heavy atom. The molecule has 0 spiro atoms. The fraction of sp³-hybridized carbons (Fsp3) is 0.136. The number of cyclic esters (lactones) is 1. The molecule has 1 N–H and O–H groups in total. The van der Waals surface area contributed by atoms with Crippen LogP contribution in [0.15, 0.2) is 66.5 Å². The molecular weight excluding hydrogens is 356 g/mol. The second-order valence-corrected chi connectivity index (χ2v) is 6.67. The van der Waals surface area contributed by atoms with Gasteiger partial charge in [0.25, 0.3) is 11.7 Å². The minimum Gasteiger partial charge on any atom is -0.456 e. The van der Waals surface area contributed by atoms with Gasteiger partial charge in [-0.3, -0.25) is 9.59 Å². The van der Waals surface area contributed by atoms with E-state index in [0.717, 1.165) is 16.6 Å². The van der Waals surface area contributed by atoms with Gasteiger partial charge in [-0.2, -0.15) is 0 Å². The van der Waals surface area contributed by atoms with Crippen molar-refractivity contribution in [3.63, 3.8) is 0 Å². The quantitative estimate of drug-likeness (QED) is 0.423. The number of fused-ring (bicyclic) bond motifs is 1. The van der Waals surface area contributed by atoms with Crippen LogP contribution in [-0.2, 0) is 20.9 Å². The molecule has 6 nitrogen and oxygen atoms in total. The molecule has 0 unspecified atom stereocenters. The zero-order chi connectivity index (χ0) is 19.7. The van der Waals surface area contributed by atoms with Crippen LogP contribution < -0.4 is 5.32 Å². The van der Waals surface area contributed by atoms with Crippen molar-refractivity contribution in [1.29, 1.82) is 0 Å². The first-order valence-electron chi connectivity index (χ1n) is 8.88. The van der Waals surface area contributed by atoms with Crippen molar-refractivity contribution >= 4 is 28.6 Å². The van der Waals surface area contributed by atoms with Crippen LogP contribution in [0.25, 0.3) is 10.9 Å². The molecule has 0 radical (unpaired) electrons. The summed E-state index contributed by atoms with van der Waals surface area (Å²) in [5.41, 5.74) is 3.78. The van der Waals surface area contributed by atoms with Gasteiger partial charge in [0.15, 0.2) is 0 Å². The molecule has 1 amide bonds. The Hall–Kier alpha value is -3.67. The van der Waals surface area contributed by atoms with E-state index in [4.69, 9.17) is 4.74 Å². The molecule has 0 bridgehead atoms. The Labute approximate surface area is 161 Å². The SMILES string of the molecule is Cc1ccccc1Cn1cc(C(=O)C(=O)NC2=CC(=O)OC2)c2ccccc21. The predicted molar refractivity (Wildman–Crippen MR) is 104 cm³/mol. The second-order valence-electron chi connectivity index (χ2n) is 6.67. The lowest BCUT2D eigenvalue weighted by atomic mass is 10.1. The van der Waals surface area contributed by atoms with Crippen LogP contribution in [0.4, 0.5) is 0 Å². The number of esters is 1. The van der Waals surface area contributed by atoms with E-state index >= 15 is 0 Å². The first-order valence-corrected chi connectivity index (χ1v) is 8.88. The van der Waals surface area contributed by atoms with Gasteiger partial charge in [0.05, 0.1) is 11.3 Å². The molecule has 6 heteroatoms. The van der Waals surface area contributed by atoms with E-state index in [1.807, 2.05) is 60.0 Å². The number of Topliss-reactive ketones (excluding diaryl/α,β-unsaturated/α-hetero) is 1. The Balaban J connectivity index is 1.67. The molecule has 0 atom stereocenters. The van der Waals surface area contributed by atoms with E-state index in [9.17, 15) is 14.4 Å². The third-order valence-corrected chi connectivity index (χ3v) is 4.78. The number of para-hydroxylation sites is 1. The number of benzene rings is 2. The van der Waals surface area contributed by atoms with Crippen molar-refractivity contribution in [1.82, 2.24) is 9.88 Å². The summed E-state index contributed by atoms with van der Waals surface area (Å²) in [6.45, 7) is 2.60. The summed E-state index contributed by atoms with van der Waals surface area (Å²) in [5.74, 6) is -1.97. The van der Waals surface area contributed by atoms with Crippen LogP contribution in [0.1, 0.15) is 21.5 Å². The molecule has 2 heterocycles. The minimum absolute atomic E-state index is 0.0348. The largest absolute Gasteiger partial charge is 0.456 e. The third kappa shape index (κ3) is 3.32. The molecule has 28 heavy (non-hydrogen) atoms. The summed E-state index contributed by atoms with van der Waals surface area (Å²) >= 11 is 0. The van der Waals surface area contributed by atoms with Gasteiger partial charge in [0.1, 0.15) is 6.61 Å². The van der Waals surface area contributed by atoms with Crippen molar-refractivity contribution in [2.24, 2.45) is 0 Å². The minimum atomic E-state index is -0.789. The molecule has 0 saturated heterocycles. The van der Waals surface area contributed by atoms with Crippen LogP contribution in [0.2, 0.25) is 0 Å². The lowest BCUT2D eigenvalue weighted by molar-refractivity contribution is -0.135. The van der Waals surface area contributed by atoms with E-state index in [0.29, 0.717) is 17.5 Å². The lowest BCUT2D eigenvalue weighted by Gasteiger charge is -2.08. The zero-order valence-corrected chi connectivity index (χ0v) is 15.3. The van der Waals surface area contributed by atoms with Crippen molar-refractivity contribution in [2.75, 3.05) is 6.61 Å². The van der Waals surface area contributed by atoms with Gasteiger partial charge in [-0.05, 0) is 24.1 Å². The van der Waals surface area contributed by atoms with Crippen LogP contribution in [0, 0.1) is 6.92 Å². The summed E-state index contributed by atoms with van der Waals surface area (Å²) in [7, 11) is 0. The number of ether oxygens (including phenoxy) is 1. The normalized spacial score (nSPS) is 13.3. The Morgan fingerprint density at radius 1 is 1.11 bits per heavy atom. The van der Waals surface area contributed by atoms with Gasteiger partial charge >= 0.3 is 5.97 Å². The van der Waals surface area contributed by atoms with Gasteiger partial charge in [-0.1, -0.05) is 42.5 Å². The van der Waals surface area contributed by atoms with Crippen LogP contribution in [0.3, 0.4) is 0 Å². The highest BCUT2D eigenvalue weighted by atomic mass is 16.5. The first kappa shape index (κ1) is 17.7. The van der Waals surface area contributed by atoms with E-state index in [1.54, 1.807) is 6.20 Å². The van der Waals surface area contributed by atoms with E-state index in [2.05, 4.69) is 5.32 Å². The number of nitrogens with one attached hydrogen (secondary N) is 1. The number of carbonyl (C=O) groups is 3. The number of hydrogen-bond acceptors (Lipinski definition) is 4. The van der Waals surface area contributed by atoms with E-state index in [1.165, 1.54) is 6.08 Å². The fourth-order valence-corrected chi connectivity index (χ4v) is 3.30.